The van der Waals surface area contributed by atoms with Gasteiger partial charge in [0.2, 0.25) is 0 Å². The van der Waals surface area contributed by atoms with Crippen molar-refractivity contribution in [1.29, 1.82) is 0 Å². The number of rotatable bonds is 1. The van der Waals surface area contributed by atoms with E-state index in [0.29, 0.717) is 11.8 Å². The second-order valence-electron chi connectivity index (χ2n) is 4.30. The molecule has 72 valence electrons. The SMILES string of the molecule is Cc1ccc(C2(O)CC(C)C2C)s1. The first-order chi connectivity index (χ1) is 6.04. The molecule has 1 aromatic heterocycles. The molecule has 1 aliphatic carbocycles. The molecule has 0 aromatic carbocycles. The summed E-state index contributed by atoms with van der Waals surface area (Å²) in [4.78, 5) is 2.44. The standard InChI is InChI=1S/C11H16OS/c1-7-6-11(12,9(7)3)10-5-4-8(2)13-10/h4-5,7,9,12H,6H2,1-3H3. The first kappa shape index (κ1) is 9.22. The molecule has 1 saturated carbocycles. The maximum atomic E-state index is 10.3. The average molecular weight is 196 g/mol. The van der Waals surface area contributed by atoms with E-state index in [9.17, 15) is 5.11 Å². The van der Waals surface area contributed by atoms with Crippen LogP contribution in [0.25, 0.3) is 0 Å². The number of thiophene rings is 1. The summed E-state index contributed by atoms with van der Waals surface area (Å²) in [5.74, 6) is 1.07. The first-order valence-corrected chi connectivity index (χ1v) is 5.65. The zero-order valence-corrected chi connectivity index (χ0v) is 9.19. The maximum Gasteiger partial charge on any atom is 0.102 e. The Bertz CT molecular complexity index is 318. The van der Waals surface area contributed by atoms with Crippen LogP contribution in [-0.4, -0.2) is 5.11 Å². The van der Waals surface area contributed by atoms with E-state index in [-0.39, 0.29) is 0 Å². The predicted octanol–water partition coefficient (Wildman–Crippen LogP) is 2.92. The van der Waals surface area contributed by atoms with Gasteiger partial charge in [-0.25, -0.2) is 0 Å². The van der Waals surface area contributed by atoms with Crippen molar-refractivity contribution in [2.45, 2.75) is 32.8 Å². The molecule has 1 nitrogen and oxygen atoms in total. The Morgan fingerprint density at radius 1 is 1.46 bits per heavy atom. The quantitative estimate of drug-likeness (QED) is 0.732. The van der Waals surface area contributed by atoms with Crippen molar-refractivity contribution in [3.8, 4) is 0 Å². The minimum absolute atomic E-state index is 0.408. The number of aliphatic hydroxyl groups is 1. The van der Waals surface area contributed by atoms with Crippen LogP contribution < -0.4 is 0 Å². The van der Waals surface area contributed by atoms with Crippen LogP contribution in [0.2, 0.25) is 0 Å². The smallest absolute Gasteiger partial charge is 0.102 e. The van der Waals surface area contributed by atoms with Gasteiger partial charge in [-0.2, -0.15) is 0 Å². The van der Waals surface area contributed by atoms with Crippen LogP contribution in [0.3, 0.4) is 0 Å². The van der Waals surface area contributed by atoms with E-state index >= 15 is 0 Å². The van der Waals surface area contributed by atoms with Gasteiger partial charge < -0.3 is 5.11 Å². The Labute approximate surface area is 83.4 Å². The van der Waals surface area contributed by atoms with E-state index < -0.39 is 5.60 Å². The van der Waals surface area contributed by atoms with Crippen LogP contribution in [0.4, 0.5) is 0 Å². The minimum Gasteiger partial charge on any atom is -0.384 e. The minimum atomic E-state index is -0.516. The summed E-state index contributed by atoms with van der Waals surface area (Å²) in [6, 6.07) is 4.16. The molecular formula is C11H16OS. The molecule has 1 aliphatic rings. The summed E-state index contributed by atoms with van der Waals surface area (Å²) < 4.78 is 0. The summed E-state index contributed by atoms with van der Waals surface area (Å²) in [6.45, 7) is 6.44. The fraction of sp³-hybridized carbons (Fsp3) is 0.636. The fourth-order valence-corrected chi connectivity index (χ4v) is 3.22. The van der Waals surface area contributed by atoms with Gasteiger partial charge in [-0.15, -0.1) is 11.3 Å². The highest BCUT2D eigenvalue weighted by atomic mass is 32.1. The Balaban J connectivity index is 2.27. The van der Waals surface area contributed by atoms with Gasteiger partial charge in [0.1, 0.15) is 5.60 Å². The van der Waals surface area contributed by atoms with Crippen LogP contribution in [0.5, 0.6) is 0 Å². The van der Waals surface area contributed by atoms with Crippen molar-refractivity contribution >= 4 is 11.3 Å². The van der Waals surface area contributed by atoms with E-state index in [2.05, 4.69) is 32.9 Å². The van der Waals surface area contributed by atoms with Crippen molar-refractivity contribution < 1.29 is 5.11 Å². The first-order valence-electron chi connectivity index (χ1n) is 4.83. The van der Waals surface area contributed by atoms with E-state index in [0.717, 1.165) is 11.3 Å². The van der Waals surface area contributed by atoms with E-state index in [4.69, 9.17) is 0 Å². The van der Waals surface area contributed by atoms with Crippen molar-refractivity contribution in [3.63, 3.8) is 0 Å². The predicted molar refractivity (Wildman–Crippen MR) is 55.9 cm³/mol. The van der Waals surface area contributed by atoms with E-state index in [1.807, 2.05) is 0 Å². The molecule has 0 saturated heterocycles. The third-order valence-electron chi connectivity index (χ3n) is 3.41. The van der Waals surface area contributed by atoms with Gasteiger partial charge >= 0.3 is 0 Å². The summed E-state index contributed by atoms with van der Waals surface area (Å²) in [5, 5.41) is 10.3. The van der Waals surface area contributed by atoms with E-state index in [1.54, 1.807) is 11.3 Å². The van der Waals surface area contributed by atoms with Gasteiger partial charge in [0.15, 0.2) is 0 Å². The third-order valence-corrected chi connectivity index (χ3v) is 4.57. The van der Waals surface area contributed by atoms with Crippen molar-refractivity contribution in [3.05, 3.63) is 21.9 Å². The lowest BCUT2D eigenvalue weighted by Crippen LogP contribution is -2.48. The van der Waals surface area contributed by atoms with Crippen LogP contribution in [0, 0.1) is 18.8 Å². The Hall–Kier alpha value is -0.340. The van der Waals surface area contributed by atoms with Crippen LogP contribution >= 0.6 is 11.3 Å². The van der Waals surface area contributed by atoms with Crippen molar-refractivity contribution in [1.82, 2.24) is 0 Å². The molecule has 1 aromatic rings. The topological polar surface area (TPSA) is 20.2 Å². The van der Waals surface area contributed by atoms with Crippen LogP contribution in [-0.2, 0) is 5.60 Å². The van der Waals surface area contributed by atoms with Crippen LogP contribution in [0.1, 0.15) is 30.0 Å². The molecule has 0 bridgehead atoms. The highest BCUT2D eigenvalue weighted by Crippen LogP contribution is 2.51. The fourth-order valence-electron chi connectivity index (χ4n) is 2.16. The monoisotopic (exact) mass is 196 g/mol. The molecule has 3 atom stereocenters. The maximum absolute atomic E-state index is 10.3. The summed E-state index contributed by atoms with van der Waals surface area (Å²) in [6.07, 6.45) is 0.925. The summed E-state index contributed by atoms with van der Waals surface area (Å²) >= 11 is 1.73. The second-order valence-corrected chi connectivity index (χ2v) is 5.59. The van der Waals surface area contributed by atoms with Gasteiger partial charge in [-0.1, -0.05) is 13.8 Å². The van der Waals surface area contributed by atoms with Gasteiger partial charge in [0, 0.05) is 9.75 Å². The molecule has 3 unspecified atom stereocenters. The molecule has 2 rings (SSSR count). The Morgan fingerprint density at radius 3 is 2.54 bits per heavy atom. The molecule has 0 aliphatic heterocycles. The Morgan fingerprint density at radius 2 is 2.15 bits per heavy atom. The molecule has 1 heterocycles. The molecule has 2 heteroatoms. The lowest BCUT2D eigenvalue weighted by atomic mass is 9.62. The van der Waals surface area contributed by atoms with Crippen molar-refractivity contribution in [2.24, 2.45) is 11.8 Å². The number of aryl methyl sites for hydroxylation is 1. The Kier molecular flexibility index (Phi) is 2.00. The number of hydrogen-bond donors (Lipinski definition) is 1. The highest BCUT2D eigenvalue weighted by molar-refractivity contribution is 7.12. The largest absolute Gasteiger partial charge is 0.384 e. The van der Waals surface area contributed by atoms with Crippen molar-refractivity contribution in [2.75, 3.05) is 0 Å². The summed E-state index contributed by atoms with van der Waals surface area (Å²) in [7, 11) is 0. The third kappa shape index (κ3) is 1.24. The van der Waals surface area contributed by atoms with E-state index in [1.165, 1.54) is 4.88 Å². The molecular weight excluding hydrogens is 180 g/mol. The number of hydrogen-bond acceptors (Lipinski definition) is 2. The van der Waals surface area contributed by atoms with Gasteiger partial charge in [-0.3, -0.25) is 0 Å². The summed E-state index contributed by atoms with van der Waals surface area (Å²) in [5.41, 5.74) is -0.516. The lowest BCUT2D eigenvalue weighted by Gasteiger charge is -2.48. The second kappa shape index (κ2) is 2.82. The molecule has 1 N–H and O–H groups in total. The van der Waals surface area contributed by atoms with Gasteiger partial charge in [0.05, 0.1) is 0 Å². The zero-order chi connectivity index (χ0) is 9.64. The van der Waals surface area contributed by atoms with Gasteiger partial charge in [0.25, 0.3) is 0 Å². The molecule has 0 spiro atoms. The molecule has 0 radical (unpaired) electrons. The van der Waals surface area contributed by atoms with Gasteiger partial charge in [-0.05, 0) is 37.3 Å². The molecule has 13 heavy (non-hydrogen) atoms. The average Bonchev–Trinajstić information content (AvgIpc) is 2.51. The van der Waals surface area contributed by atoms with Crippen LogP contribution in [0.15, 0.2) is 12.1 Å². The highest BCUT2D eigenvalue weighted by Gasteiger charge is 2.49. The lowest BCUT2D eigenvalue weighted by molar-refractivity contribution is -0.129. The molecule has 1 fully saturated rings. The normalized spacial score (nSPS) is 38.8. The molecule has 0 amide bonds. The zero-order valence-electron chi connectivity index (χ0n) is 8.37.